The molecule has 0 spiro atoms. The summed E-state index contributed by atoms with van der Waals surface area (Å²) in [4.78, 5) is 27.6. The summed E-state index contributed by atoms with van der Waals surface area (Å²) in [6, 6.07) is 11.2. The van der Waals surface area contributed by atoms with Crippen LogP contribution in [0.15, 0.2) is 40.9 Å². The third-order valence-electron chi connectivity index (χ3n) is 5.67. The number of carbonyl (C=O) groups excluding carboxylic acids is 2. The number of nitrogens with zero attached hydrogens (tertiary/aromatic N) is 2. The van der Waals surface area contributed by atoms with Crippen molar-refractivity contribution in [3.8, 4) is 5.75 Å². The molecule has 1 aliphatic heterocycles. The molecule has 4 rings (SSSR count). The van der Waals surface area contributed by atoms with E-state index in [0.29, 0.717) is 35.7 Å². The average molecular weight is 466 g/mol. The maximum Gasteiger partial charge on any atom is 0.410 e. The Kier molecular flexibility index (Phi) is 6.02. The van der Waals surface area contributed by atoms with Crippen LogP contribution >= 0.6 is 0 Å². The van der Waals surface area contributed by atoms with Gasteiger partial charge < -0.3 is 24.2 Å². The molecule has 2 aromatic carbocycles. The van der Waals surface area contributed by atoms with Crippen molar-refractivity contribution in [2.24, 2.45) is 0 Å². The standard InChI is InChI=1S/C26H31N3O5/c1-16-9-7-11-18-20(16)34-28-22(18)26(5,6)27-23(30)19-12-8-10-17-15-29(13-14-32-21(17)19)24(31)33-25(2,3)4/h7-12H,13-15H2,1-6H3,(H,27,30). The van der Waals surface area contributed by atoms with Crippen LogP contribution < -0.4 is 10.1 Å². The molecule has 8 nitrogen and oxygen atoms in total. The van der Waals surface area contributed by atoms with E-state index < -0.39 is 17.2 Å². The van der Waals surface area contributed by atoms with E-state index in [0.717, 1.165) is 16.5 Å². The van der Waals surface area contributed by atoms with Crippen molar-refractivity contribution in [1.82, 2.24) is 15.4 Å². The van der Waals surface area contributed by atoms with E-state index in [2.05, 4.69) is 10.5 Å². The SMILES string of the molecule is Cc1cccc2c(C(C)(C)NC(=O)c3cccc4c3OCCN(C(=O)OC(C)(C)C)C4)noc12. The third-order valence-corrected chi connectivity index (χ3v) is 5.67. The second-order valence-corrected chi connectivity index (χ2v) is 10.1. The van der Waals surface area contributed by atoms with Gasteiger partial charge in [0.1, 0.15) is 23.7 Å². The number of hydrogen-bond donors (Lipinski definition) is 1. The molecule has 2 heterocycles. The van der Waals surface area contributed by atoms with Crippen LogP contribution in [0.25, 0.3) is 11.0 Å². The highest BCUT2D eigenvalue weighted by molar-refractivity contribution is 5.98. The van der Waals surface area contributed by atoms with Crippen LogP contribution in [0.2, 0.25) is 0 Å². The van der Waals surface area contributed by atoms with E-state index in [-0.39, 0.29) is 12.5 Å². The van der Waals surface area contributed by atoms with Gasteiger partial charge >= 0.3 is 6.09 Å². The summed E-state index contributed by atoms with van der Waals surface area (Å²) >= 11 is 0. The van der Waals surface area contributed by atoms with Gasteiger partial charge in [-0.05, 0) is 59.2 Å². The Hall–Kier alpha value is -3.55. The second kappa shape index (κ2) is 8.66. The summed E-state index contributed by atoms with van der Waals surface area (Å²) in [5, 5.41) is 8.19. The maximum atomic E-state index is 13.4. The molecule has 8 heteroatoms. The predicted molar refractivity (Wildman–Crippen MR) is 128 cm³/mol. The molecule has 0 saturated heterocycles. The molecule has 1 aliphatic rings. The van der Waals surface area contributed by atoms with Crippen molar-refractivity contribution < 1.29 is 23.6 Å². The summed E-state index contributed by atoms with van der Waals surface area (Å²) < 4.78 is 17.0. The molecule has 0 atom stereocenters. The Labute approximate surface area is 199 Å². The van der Waals surface area contributed by atoms with Crippen molar-refractivity contribution in [2.45, 2.75) is 59.2 Å². The summed E-state index contributed by atoms with van der Waals surface area (Å²) in [6.07, 6.45) is -0.409. The molecule has 0 unspecified atom stereocenters. The molecule has 0 aliphatic carbocycles. The number of hydrogen-bond acceptors (Lipinski definition) is 6. The molecular weight excluding hydrogens is 434 g/mol. The lowest BCUT2D eigenvalue weighted by molar-refractivity contribution is 0.0225. The van der Waals surface area contributed by atoms with Crippen LogP contribution in [-0.2, 0) is 16.8 Å². The number of amides is 2. The van der Waals surface area contributed by atoms with Crippen molar-refractivity contribution in [1.29, 1.82) is 0 Å². The quantitative estimate of drug-likeness (QED) is 0.589. The highest BCUT2D eigenvalue weighted by atomic mass is 16.6. The smallest absolute Gasteiger partial charge is 0.410 e. The number of rotatable bonds is 3. The van der Waals surface area contributed by atoms with E-state index in [1.807, 2.05) is 65.8 Å². The fourth-order valence-corrected chi connectivity index (χ4v) is 4.05. The van der Waals surface area contributed by atoms with Gasteiger partial charge in [-0.2, -0.15) is 0 Å². The zero-order chi connectivity index (χ0) is 24.7. The van der Waals surface area contributed by atoms with Crippen LogP contribution in [0, 0.1) is 6.92 Å². The fraction of sp³-hybridized carbons (Fsp3) is 0.423. The molecule has 0 saturated carbocycles. The molecule has 0 fully saturated rings. The summed E-state index contributed by atoms with van der Waals surface area (Å²) in [5.41, 5.74) is 2.10. The summed E-state index contributed by atoms with van der Waals surface area (Å²) in [7, 11) is 0. The largest absolute Gasteiger partial charge is 0.491 e. The number of fused-ring (bicyclic) bond motifs is 2. The van der Waals surface area contributed by atoms with Crippen molar-refractivity contribution >= 4 is 23.0 Å². The zero-order valence-corrected chi connectivity index (χ0v) is 20.5. The number of para-hydroxylation sites is 2. The van der Waals surface area contributed by atoms with Gasteiger partial charge in [-0.1, -0.05) is 29.4 Å². The first kappa shape index (κ1) is 23.6. The fourth-order valence-electron chi connectivity index (χ4n) is 4.05. The number of benzene rings is 2. The topological polar surface area (TPSA) is 93.9 Å². The Bertz CT molecular complexity index is 1240. The number of ether oxygens (including phenoxy) is 2. The van der Waals surface area contributed by atoms with Gasteiger partial charge in [0.25, 0.3) is 5.91 Å². The first-order chi connectivity index (χ1) is 16.0. The Morgan fingerprint density at radius 1 is 1.09 bits per heavy atom. The van der Waals surface area contributed by atoms with Crippen molar-refractivity contribution in [3.05, 3.63) is 58.8 Å². The lowest BCUT2D eigenvalue weighted by atomic mass is 9.95. The van der Waals surface area contributed by atoms with E-state index in [1.165, 1.54) is 0 Å². The number of aryl methyl sites for hydroxylation is 1. The predicted octanol–water partition coefficient (Wildman–Crippen LogP) is 4.93. The normalized spacial score (nSPS) is 14.2. The zero-order valence-electron chi connectivity index (χ0n) is 20.5. The van der Waals surface area contributed by atoms with Gasteiger partial charge in [0.2, 0.25) is 0 Å². The Morgan fingerprint density at radius 3 is 2.56 bits per heavy atom. The van der Waals surface area contributed by atoms with Crippen LogP contribution in [0.3, 0.4) is 0 Å². The number of nitrogens with one attached hydrogen (secondary N) is 1. The second-order valence-electron chi connectivity index (χ2n) is 10.1. The van der Waals surface area contributed by atoms with Crippen LogP contribution in [-0.4, -0.2) is 40.8 Å². The Morgan fingerprint density at radius 2 is 1.82 bits per heavy atom. The van der Waals surface area contributed by atoms with E-state index in [1.54, 1.807) is 17.0 Å². The first-order valence-corrected chi connectivity index (χ1v) is 11.4. The molecule has 34 heavy (non-hydrogen) atoms. The number of aromatic nitrogens is 1. The van der Waals surface area contributed by atoms with Gasteiger partial charge in [-0.3, -0.25) is 4.79 Å². The first-order valence-electron chi connectivity index (χ1n) is 11.4. The Balaban J connectivity index is 1.58. The highest BCUT2D eigenvalue weighted by Gasteiger charge is 2.32. The van der Waals surface area contributed by atoms with Crippen LogP contribution in [0.4, 0.5) is 4.79 Å². The van der Waals surface area contributed by atoms with Gasteiger partial charge in [-0.25, -0.2) is 4.79 Å². The van der Waals surface area contributed by atoms with E-state index >= 15 is 0 Å². The molecule has 3 aromatic rings. The minimum atomic E-state index is -0.799. The average Bonchev–Trinajstić information content (AvgIpc) is 3.07. The molecule has 1 N–H and O–H groups in total. The van der Waals surface area contributed by atoms with Crippen molar-refractivity contribution in [3.63, 3.8) is 0 Å². The molecular formula is C26H31N3O5. The van der Waals surface area contributed by atoms with Crippen LogP contribution in [0.5, 0.6) is 5.75 Å². The van der Waals surface area contributed by atoms with Gasteiger partial charge in [0, 0.05) is 10.9 Å². The maximum absolute atomic E-state index is 13.4. The number of carbonyl (C=O) groups is 2. The minimum Gasteiger partial charge on any atom is -0.491 e. The minimum absolute atomic E-state index is 0.257. The monoisotopic (exact) mass is 465 g/mol. The van der Waals surface area contributed by atoms with E-state index in [4.69, 9.17) is 14.0 Å². The molecule has 180 valence electrons. The van der Waals surface area contributed by atoms with Gasteiger partial charge in [0.15, 0.2) is 5.58 Å². The molecule has 0 bridgehead atoms. The highest BCUT2D eigenvalue weighted by Crippen LogP contribution is 2.32. The van der Waals surface area contributed by atoms with E-state index in [9.17, 15) is 9.59 Å². The van der Waals surface area contributed by atoms with Crippen LogP contribution in [0.1, 0.15) is 61.8 Å². The van der Waals surface area contributed by atoms with Gasteiger partial charge in [0.05, 0.1) is 24.2 Å². The third kappa shape index (κ3) is 4.71. The lowest BCUT2D eigenvalue weighted by Gasteiger charge is -2.26. The molecule has 2 amide bonds. The summed E-state index contributed by atoms with van der Waals surface area (Å²) in [6.45, 7) is 12.1. The summed E-state index contributed by atoms with van der Waals surface area (Å²) in [5.74, 6) is 0.180. The lowest BCUT2D eigenvalue weighted by Crippen LogP contribution is -2.41. The van der Waals surface area contributed by atoms with Gasteiger partial charge in [-0.15, -0.1) is 0 Å². The van der Waals surface area contributed by atoms with Crippen molar-refractivity contribution in [2.75, 3.05) is 13.2 Å². The molecule has 1 aromatic heterocycles. The molecule has 0 radical (unpaired) electrons.